The second kappa shape index (κ2) is 5.01. The van der Waals surface area contributed by atoms with Gasteiger partial charge in [-0.1, -0.05) is 19.9 Å². The van der Waals surface area contributed by atoms with Crippen molar-refractivity contribution in [3.8, 4) is 5.75 Å². The Balaban J connectivity index is 2.28. The minimum Gasteiger partial charge on any atom is -0.497 e. The molecule has 1 heterocycles. The number of nitrogens with zero attached hydrogens (tertiary/aromatic N) is 1. The summed E-state index contributed by atoms with van der Waals surface area (Å²) >= 11 is 0. The van der Waals surface area contributed by atoms with E-state index in [2.05, 4.69) is 19.1 Å². The minimum absolute atomic E-state index is 0.0623. The van der Waals surface area contributed by atoms with Crippen LogP contribution in [0.1, 0.15) is 37.9 Å². The van der Waals surface area contributed by atoms with Gasteiger partial charge in [-0.2, -0.15) is 0 Å². The average molecular weight is 247 g/mol. The number of rotatable bonds is 2. The zero-order chi connectivity index (χ0) is 13.3. The summed E-state index contributed by atoms with van der Waals surface area (Å²) in [5, 5.41) is 0. The molecule has 3 heteroatoms. The van der Waals surface area contributed by atoms with Crippen molar-refractivity contribution in [2.75, 3.05) is 13.7 Å². The fourth-order valence-corrected chi connectivity index (χ4v) is 2.57. The molecule has 0 radical (unpaired) electrons. The third-order valence-corrected chi connectivity index (χ3v) is 3.67. The van der Waals surface area contributed by atoms with Crippen LogP contribution in [0, 0.1) is 5.92 Å². The molecule has 1 unspecified atom stereocenters. The Morgan fingerprint density at radius 3 is 2.78 bits per heavy atom. The molecule has 0 aromatic heterocycles. The molecule has 1 amide bonds. The van der Waals surface area contributed by atoms with Crippen molar-refractivity contribution in [3.05, 3.63) is 29.3 Å². The molecule has 1 aromatic carbocycles. The van der Waals surface area contributed by atoms with Crippen LogP contribution >= 0.6 is 0 Å². The van der Waals surface area contributed by atoms with E-state index in [1.165, 1.54) is 11.1 Å². The van der Waals surface area contributed by atoms with Gasteiger partial charge in [-0.05, 0) is 36.6 Å². The van der Waals surface area contributed by atoms with E-state index < -0.39 is 0 Å². The first kappa shape index (κ1) is 12.9. The van der Waals surface area contributed by atoms with Crippen molar-refractivity contribution in [1.82, 2.24) is 4.90 Å². The van der Waals surface area contributed by atoms with Gasteiger partial charge in [0.25, 0.3) is 0 Å². The van der Waals surface area contributed by atoms with Crippen molar-refractivity contribution >= 4 is 5.91 Å². The first-order valence-corrected chi connectivity index (χ1v) is 6.52. The smallest absolute Gasteiger partial charge is 0.225 e. The lowest BCUT2D eigenvalue weighted by Crippen LogP contribution is -2.40. The molecule has 1 aliphatic heterocycles. The normalized spacial score (nSPS) is 18.7. The van der Waals surface area contributed by atoms with E-state index in [0.29, 0.717) is 0 Å². The highest BCUT2D eigenvalue weighted by Crippen LogP contribution is 2.32. The van der Waals surface area contributed by atoms with Gasteiger partial charge in [0.15, 0.2) is 0 Å². The second-order valence-corrected chi connectivity index (χ2v) is 5.18. The lowest BCUT2D eigenvalue weighted by molar-refractivity contribution is -0.137. The van der Waals surface area contributed by atoms with Gasteiger partial charge in [0, 0.05) is 12.5 Å². The van der Waals surface area contributed by atoms with Gasteiger partial charge in [-0.15, -0.1) is 0 Å². The van der Waals surface area contributed by atoms with Crippen LogP contribution in [-0.2, 0) is 11.2 Å². The molecule has 1 aliphatic rings. The van der Waals surface area contributed by atoms with Crippen LogP contribution in [0.2, 0.25) is 0 Å². The van der Waals surface area contributed by atoms with E-state index in [9.17, 15) is 4.79 Å². The Hall–Kier alpha value is -1.51. The Morgan fingerprint density at radius 1 is 1.44 bits per heavy atom. The summed E-state index contributed by atoms with van der Waals surface area (Å²) in [6.07, 6.45) is 0.912. The fraction of sp³-hybridized carbons (Fsp3) is 0.533. The topological polar surface area (TPSA) is 29.5 Å². The van der Waals surface area contributed by atoms with Crippen LogP contribution in [0.15, 0.2) is 18.2 Å². The fourth-order valence-electron chi connectivity index (χ4n) is 2.57. The Bertz CT molecular complexity index is 454. The molecule has 0 spiro atoms. The first-order valence-electron chi connectivity index (χ1n) is 6.52. The summed E-state index contributed by atoms with van der Waals surface area (Å²) in [4.78, 5) is 14.1. The van der Waals surface area contributed by atoms with Crippen LogP contribution < -0.4 is 4.74 Å². The van der Waals surface area contributed by atoms with Crippen molar-refractivity contribution in [1.29, 1.82) is 0 Å². The number of ether oxygens (including phenoxy) is 1. The van der Waals surface area contributed by atoms with Gasteiger partial charge in [0.05, 0.1) is 13.2 Å². The van der Waals surface area contributed by atoms with Crippen LogP contribution in [0.25, 0.3) is 0 Å². The maximum Gasteiger partial charge on any atom is 0.225 e. The van der Waals surface area contributed by atoms with E-state index in [1.54, 1.807) is 7.11 Å². The van der Waals surface area contributed by atoms with E-state index in [1.807, 2.05) is 24.8 Å². The maximum atomic E-state index is 12.1. The largest absolute Gasteiger partial charge is 0.497 e. The van der Waals surface area contributed by atoms with E-state index in [0.717, 1.165) is 18.7 Å². The van der Waals surface area contributed by atoms with Crippen molar-refractivity contribution in [3.63, 3.8) is 0 Å². The zero-order valence-corrected chi connectivity index (χ0v) is 11.6. The Kier molecular flexibility index (Phi) is 3.60. The number of benzene rings is 1. The van der Waals surface area contributed by atoms with Crippen molar-refractivity contribution < 1.29 is 9.53 Å². The monoisotopic (exact) mass is 247 g/mol. The highest BCUT2D eigenvalue weighted by Gasteiger charge is 2.28. The molecule has 18 heavy (non-hydrogen) atoms. The summed E-state index contributed by atoms with van der Waals surface area (Å²) in [5.74, 6) is 1.20. The number of hydrogen-bond donors (Lipinski definition) is 0. The summed E-state index contributed by atoms with van der Waals surface area (Å²) in [5.41, 5.74) is 2.55. The van der Waals surface area contributed by atoms with E-state index in [-0.39, 0.29) is 17.9 Å². The standard InChI is InChI=1S/C15H21NO2/c1-10(2)15(17)16-8-7-12-9-13(18-4)5-6-14(12)11(16)3/h5-6,9-11H,7-8H2,1-4H3. The van der Waals surface area contributed by atoms with Crippen molar-refractivity contribution in [2.45, 2.75) is 33.2 Å². The molecule has 3 nitrogen and oxygen atoms in total. The number of amides is 1. The Labute approximate surface area is 109 Å². The molecule has 2 rings (SSSR count). The van der Waals surface area contributed by atoms with Gasteiger partial charge >= 0.3 is 0 Å². The number of carbonyl (C=O) groups is 1. The third-order valence-electron chi connectivity index (χ3n) is 3.67. The van der Waals surface area contributed by atoms with Gasteiger partial charge in [-0.25, -0.2) is 0 Å². The van der Waals surface area contributed by atoms with Crippen LogP contribution in [-0.4, -0.2) is 24.5 Å². The number of carbonyl (C=O) groups excluding carboxylic acids is 1. The summed E-state index contributed by atoms with van der Waals surface area (Å²) < 4.78 is 5.25. The van der Waals surface area contributed by atoms with Crippen LogP contribution in [0.3, 0.4) is 0 Å². The molecule has 0 bridgehead atoms. The average Bonchev–Trinajstić information content (AvgIpc) is 2.37. The van der Waals surface area contributed by atoms with E-state index in [4.69, 9.17) is 4.74 Å². The molecular weight excluding hydrogens is 226 g/mol. The summed E-state index contributed by atoms with van der Waals surface area (Å²) in [6.45, 7) is 6.82. The molecule has 1 aromatic rings. The molecule has 0 N–H and O–H groups in total. The third kappa shape index (κ3) is 2.22. The molecule has 98 valence electrons. The highest BCUT2D eigenvalue weighted by atomic mass is 16.5. The molecular formula is C15H21NO2. The lowest BCUT2D eigenvalue weighted by atomic mass is 9.92. The van der Waals surface area contributed by atoms with E-state index >= 15 is 0 Å². The number of fused-ring (bicyclic) bond motifs is 1. The van der Waals surface area contributed by atoms with Crippen molar-refractivity contribution in [2.24, 2.45) is 5.92 Å². The lowest BCUT2D eigenvalue weighted by Gasteiger charge is -2.36. The van der Waals surface area contributed by atoms with Gasteiger partial charge in [0.2, 0.25) is 5.91 Å². The number of methoxy groups -OCH3 is 1. The predicted molar refractivity (Wildman–Crippen MR) is 71.7 cm³/mol. The first-order chi connectivity index (χ1) is 8.54. The Morgan fingerprint density at radius 2 is 2.17 bits per heavy atom. The maximum absolute atomic E-state index is 12.1. The number of hydrogen-bond acceptors (Lipinski definition) is 2. The predicted octanol–water partition coefficient (Wildman–Crippen LogP) is 2.80. The molecule has 0 fully saturated rings. The minimum atomic E-state index is 0.0623. The highest BCUT2D eigenvalue weighted by molar-refractivity contribution is 5.79. The second-order valence-electron chi connectivity index (χ2n) is 5.18. The molecule has 0 aliphatic carbocycles. The van der Waals surface area contributed by atoms with Crippen LogP contribution in [0.4, 0.5) is 0 Å². The van der Waals surface area contributed by atoms with Gasteiger partial charge in [-0.3, -0.25) is 4.79 Å². The molecule has 1 atom stereocenters. The summed E-state index contributed by atoms with van der Waals surface area (Å²) in [6, 6.07) is 6.30. The quantitative estimate of drug-likeness (QED) is 0.804. The molecule has 0 saturated carbocycles. The SMILES string of the molecule is COc1ccc2c(c1)CCN(C(=O)C(C)C)C2C. The van der Waals surface area contributed by atoms with Gasteiger partial charge in [0.1, 0.15) is 5.75 Å². The van der Waals surface area contributed by atoms with Gasteiger partial charge < -0.3 is 9.64 Å². The van der Waals surface area contributed by atoms with Crippen LogP contribution in [0.5, 0.6) is 5.75 Å². The summed E-state index contributed by atoms with van der Waals surface area (Å²) in [7, 11) is 1.68. The zero-order valence-electron chi connectivity index (χ0n) is 11.6. The molecule has 0 saturated heterocycles.